The monoisotopic (exact) mass is 233 g/mol. The summed E-state index contributed by atoms with van der Waals surface area (Å²) in [4.78, 5) is 0. The number of para-hydroxylation sites is 1. The van der Waals surface area contributed by atoms with Crippen molar-refractivity contribution in [2.75, 3.05) is 0 Å². The van der Waals surface area contributed by atoms with Gasteiger partial charge in [-0.25, -0.2) is 0 Å². The molecule has 0 aromatic heterocycles. The van der Waals surface area contributed by atoms with E-state index in [9.17, 15) is 18.4 Å². The predicted molar refractivity (Wildman–Crippen MR) is 52.1 cm³/mol. The highest BCUT2D eigenvalue weighted by Crippen LogP contribution is 2.37. The predicted octanol–water partition coefficient (Wildman–Crippen LogP) is 2.27. The molecule has 1 aliphatic rings. The van der Waals surface area contributed by atoms with E-state index in [2.05, 4.69) is 0 Å². The van der Waals surface area contributed by atoms with Crippen molar-refractivity contribution >= 4 is 23.5 Å². The van der Waals surface area contributed by atoms with Gasteiger partial charge in [-0.2, -0.15) is 13.2 Å². The lowest BCUT2D eigenvalue weighted by molar-refractivity contribution is -0.717. The summed E-state index contributed by atoms with van der Waals surface area (Å²) >= 11 is -0.359. The summed E-state index contributed by atoms with van der Waals surface area (Å²) in [6, 6.07) is 6.46. The van der Waals surface area contributed by atoms with Crippen molar-refractivity contribution in [2.45, 2.75) is 5.51 Å². The van der Waals surface area contributed by atoms with Crippen LogP contribution in [0.25, 0.3) is 6.08 Å². The third-order valence-electron chi connectivity index (χ3n) is 1.94. The molecule has 15 heavy (non-hydrogen) atoms. The van der Waals surface area contributed by atoms with Crippen LogP contribution in [0.1, 0.15) is 5.56 Å². The fourth-order valence-corrected chi connectivity index (χ4v) is 2.01. The first kappa shape index (κ1) is 10.5. The highest BCUT2D eigenvalue weighted by Gasteiger charge is 2.36. The molecule has 0 saturated heterocycles. The fourth-order valence-electron chi connectivity index (χ4n) is 1.37. The van der Waals surface area contributed by atoms with Gasteiger partial charge in [0, 0.05) is 29.5 Å². The van der Waals surface area contributed by atoms with Crippen LogP contribution in [0.3, 0.4) is 0 Å². The van der Waals surface area contributed by atoms with Crippen molar-refractivity contribution in [2.24, 2.45) is 0 Å². The SMILES string of the molecule is [O-][NH+]1C(SC(F)(F)F)=Cc2ccccc21. The van der Waals surface area contributed by atoms with Gasteiger partial charge in [-0.3, -0.25) is 0 Å². The Balaban J connectivity index is 2.27. The van der Waals surface area contributed by atoms with Crippen LogP contribution in [0, 0.1) is 5.21 Å². The number of hydroxylamine groups is 1. The average Bonchev–Trinajstić information content (AvgIpc) is 2.42. The Morgan fingerprint density at radius 1 is 1.20 bits per heavy atom. The maximum atomic E-state index is 12.1. The lowest BCUT2D eigenvalue weighted by Crippen LogP contribution is -2.98. The highest BCUT2D eigenvalue weighted by atomic mass is 32.2. The van der Waals surface area contributed by atoms with E-state index in [0.29, 0.717) is 11.3 Å². The molecule has 1 aromatic rings. The second-order valence-electron chi connectivity index (χ2n) is 2.97. The van der Waals surface area contributed by atoms with E-state index in [-0.39, 0.29) is 16.8 Å². The van der Waals surface area contributed by atoms with Gasteiger partial charge in [-0.05, 0) is 6.07 Å². The summed E-state index contributed by atoms with van der Waals surface area (Å²) in [5.74, 6) is 0. The molecule has 0 amide bonds. The Hall–Kier alpha value is -0.980. The lowest BCUT2D eigenvalue weighted by Gasteiger charge is -2.19. The second-order valence-corrected chi connectivity index (χ2v) is 4.08. The van der Waals surface area contributed by atoms with Crippen molar-refractivity contribution in [3.63, 3.8) is 0 Å². The molecule has 0 spiro atoms. The van der Waals surface area contributed by atoms with Crippen LogP contribution in [0.5, 0.6) is 0 Å². The maximum absolute atomic E-state index is 12.1. The molecule has 0 radical (unpaired) electrons. The van der Waals surface area contributed by atoms with Crippen molar-refractivity contribution < 1.29 is 18.2 Å². The number of hydrogen-bond donors (Lipinski definition) is 1. The van der Waals surface area contributed by atoms with Crippen molar-refractivity contribution in [1.82, 2.24) is 0 Å². The number of nitrogens with one attached hydrogen (secondary N) is 1. The van der Waals surface area contributed by atoms with Crippen molar-refractivity contribution in [1.29, 1.82) is 0 Å². The number of rotatable bonds is 1. The van der Waals surface area contributed by atoms with Crippen LogP contribution in [0.4, 0.5) is 18.9 Å². The maximum Gasteiger partial charge on any atom is 0.451 e. The number of hydrogen-bond acceptors (Lipinski definition) is 2. The average molecular weight is 233 g/mol. The molecule has 80 valence electrons. The third kappa shape index (κ3) is 2.17. The first-order valence-corrected chi connectivity index (χ1v) is 4.90. The van der Waals surface area contributed by atoms with Crippen molar-refractivity contribution in [3.05, 3.63) is 40.1 Å². The Labute approximate surface area is 88.0 Å². The Kier molecular flexibility index (Phi) is 2.49. The van der Waals surface area contributed by atoms with E-state index >= 15 is 0 Å². The molecule has 1 aliphatic heterocycles. The van der Waals surface area contributed by atoms with E-state index in [1.165, 1.54) is 12.1 Å². The number of benzene rings is 1. The Morgan fingerprint density at radius 3 is 2.47 bits per heavy atom. The molecule has 1 atom stereocenters. The number of halogens is 3. The summed E-state index contributed by atoms with van der Waals surface area (Å²) in [6.07, 6.45) is 1.27. The zero-order valence-corrected chi connectivity index (χ0v) is 8.15. The topological polar surface area (TPSA) is 27.5 Å². The van der Waals surface area contributed by atoms with Gasteiger partial charge in [0.25, 0.3) is 0 Å². The van der Waals surface area contributed by atoms with Gasteiger partial charge in [0.15, 0.2) is 5.03 Å². The molecule has 2 rings (SSSR count). The van der Waals surface area contributed by atoms with E-state index in [0.717, 1.165) is 0 Å². The summed E-state index contributed by atoms with van der Waals surface area (Å²) in [5.41, 5.74) is -3.53. The second kappa shape index (κ2) is 3.55. The van der Waals surface area contributed by atoms with Gasteiger partial charge in [0.1, 0.15) is 5.69 Å². The Morgan fingerprint density at radius 2 is 1.87 bits per heavy atom. The Bertz CT molecular complexity index is 416. The quantitative estimate of drug-likeness (QED) is 0.753. The summed E-state index contributed by atoms with van der Waals surface area (Å²) in [6.45, 7) is 0. The van der Waals surface area contributed by atoms with Crippen LogP contribution in [0.2, 0.25) is 0 Å². The zero-order chi connectivity index (χ0) is 11.1. The standard InChI is InChI=1S/C9H6F3NOS/c10-9(11,12)15-8-5-6-3-1-2-4-7(6)13(8)14/h1-5,13H. The molecule has 0 fully saturated rings. The first-order chi connectivity index (χ1) is 6.97. The molecule has 6 heteroatoms. The molecular weight excluding hydrogens is 227 g/mol. The number of quaternary nitrogens is 1. The number of thioether (sulfide) groups is 1. The van der Waals surface area contributed by atoms with Gasteiger partial charge in [0.05, 0.1) is 0 Å². The lowest BCUT2D eigenvalue weighted by atomic mass is 10.2. The van der Waals surface area contributed by atoms with Crippen LogP contribution in [-0.4, -0.2) is 5.51 Å². The molecule has 0 saturated carbocycles. The molecule has 1 unspecified atom stereocenters. The van der Waals surface area contributed by atoms with Gasteiger partial charge >= 0.3 is 5.51 Å². The minimum absolute atomic E-state index is 0.260. The van der Waals surface area contributed by atoms with Crippen LogP contribution in [-0.2, 0) is 0 Å². The summed E-state index contributed by atoms with van der Waals surface area (Å²) in [5, 5.41) is 10.7. The van der Waals surface area contributed by atoms with E-state index in [4.69, 9.17) is 0 Å². The summed E-state index contributed by atoms with van der Waals surface area (Å²) in [7, 11) is 0. The van der Waals surface area contributed by atoms with Gasteiger partial charge in [-0.15, -0.1) is 0 Å². The molecule has 0 bridgehead atoms. The number of alkyl halides is 3. The minimum Gasteiger partial charge on any atom is -0.623 e. The molecular formula is C9H6F3NOS. The first-order valence-electron chi connectivity index (χ1n) is 4.08. The van der Waals surface area contributed by atoms with E-state index < -0.39 is 10.6 Å². The molecule has 0 aliphatic carbocycles. The number of fused-ring (bicyclic) bond motifs is 1. The largest absolute Gasteiger partial charge is 0.623 e. The molecule has 1 aromatic carbocycles. The van der Waals surface area contributed by atoms with E-state index in [1.807, 2.05) is 0 Å². The van der Waals surface area contributed by atoms with Gasteiger partial charge in [0.2, 0.25) is 0 Å². The summed E-state index contributed by atoms with van der Waals surface area (Å²) < 4.78 is 36.2. The smallest absolute Gasteiger partial charge is 0.451 e. The van der Waals surface area contributed by atoms with Crippen molar-refractivity contribution in [3.8, 4) is 0 Å². The fraction of sp³-hybridized carbons (Fsp3) is 0.111. The normalized spacial score (nSPS) is 20.0. The molecule has 1 heterocycles. The molecule has 2 nitrogen and oxygen atoms in total. The van der Waals surface area contributed by atoms with Crippen LogP contribution in [0.15, 0.2) is 29.3 Å². The minimum atomic E-state index is -4.41. The van der Waals surface area contributed by atoms with Gasteiger partial charge in [-0.1, -0.05) is 12.1 Å². The third-order valence-corrected chi connectivity index (χ3v) is 2.70. The van der Waals surface area contributed by atoms with Crippen LogP contribution >= 0.6 is 11.8 Å². The molecule has 1 N–H and O–H groups in total. The zero-order valence-electron chi connectivity index (χ0n) is 7.34. The highest BCUT2D eigenvalue weighted by molar-refractivity contribution is 8.03. The van der Waals surface area contributed by atoms with Crippen LogP contribution < -0.4 is 5.06 Å². The van der Waals surface area contributed by atoms with Gasteiger partial charge < -0.3 is 10.3 Å². The van der Waals surface area contributed by atoms with E-state index in [1.54, 1.807) is 18.2 Å².